The van der Waals surface area contributed by atoms with Crippen molar-refractivity contribution in [2.45, 2.75) is 12.7 Å². The van der Waals surface area contributed by atoms with Crippen LogP contribution in [-0.4, -0.2) is 22.9 Å². The second-order valence-electron chi connectivity index (χ2n) is 4.18. The van der Waals surface area contributed by atoms with Crippen LogP contribution in [0, 0.1) is 0 Å². The fraction of sp³-hybridized carbons (Fsp3) is 0.214. The maximum absolute atomic E-state index is 12.0. The maximum atomic E-state index is 12.0. The molecule has 6 heteroatoms. The van der Waals surface area contributed by atoms with E-state index < -0.39 is 0 Å². The molecule has 0 bridgehead atoms. The number of Topliss-reactive ketones (excluding diaryl/α,β-unsaturated/α-hetero) is 1. The van der Waals surface area contributed by atoms with Crippen molar-refractivity contribution in [3.63, 3.8) is 0 Å². The van der Waals surface area contributed by atoms with Crippen LogP contribution in [0.25, 0.3) is 0 Å². The summed E-state index contributed by atoms with van der Waals surface area (Å²) >= 11 is 2.98. The van der Waals surface area contributed by atoms with Gasteiger partial charge in [0.05, 0.1) is 0 Å². The van der Waals surface area contributed by atoms with Gasteiger partial charge in [0, 0.05) is 23.6 Å². The molecule has 2 aromatic rings. The van der Waals surface area contributed by atoms with E-state index in [4.69, 9.17) is 0 Å². The number of hydrogen-bond acceptors (Lipinski definition) is 5. The molecule has 1 heterocycles. The number of hydrogen-bond donors (Lipinski definition) is 1. The van der Waals surface area contributed by atoms with E-state index >= 15 is 0 Å². The van der Waals surface area contributed by atoms with Gasteiger partial charge in [0.25, 0.3) is 5.91 Å². The normalized spacial score (nSPS) is 10.3. The van der Waals surface area contributed by atoms with Gasteiger partial charge in [-0.25, -0.2) is 4.98 Å². The molecule has 104 valence electrons. The average molecular weight is 306 g/mol. The summed E-state index contributed by atoms with van der Waals surface area (Å²) in [4.78, 5) is 27.2. The number of carbonyl (C=O) groups is 2. The molecule has 0 aliphatic heterocycles. The lowest BCUT2D eigenvalue weighted by molar-refractivity contribution is 0.100. The first-order valence-electron chi connectivity index (χ1n) is 5.96. The third-order valence-corrected chi connectivity index (χ3v) is 3.99. The number of nitrogens with one attached hydrogen (secondary N) is 1. The van der Waals surface area contributed by atoms with E-state index in [0.717, 1.165) is 5.75 Å². The number of nitrogens with zero attached hydrogens (tertiary/aromatic N) is 1. The lowest BCUT2D eigenvalue weighted by Crippen LogP contribution is -2.11. The lowest BCUT2D eigenvalue weighted by atomic mass is 10.1. The molecule has 0 unspecified atom stereocenters. The van der Waals surface area contributed by atoms with Crippen LogP contribution < -0.4 is 5.32 Å². The fourth-order valence-corrected chi connectivity index (χ4v) is 2.85. The summed E-state index contributed by atoms with van der Waals surface area (Å²) in [5.74, 6) is 0.601. The van der Waals surface area contributed by atoms with Crippen molar-refractivity contribution in [2.24, 2.45) is 0 Å². The van der Waals surface area contributed by atoms with Crippen LogP contribution in [0.2, 0.25) is 0 Å². The predicted octanol–water partition coefficient (Wildman–Crippen LogP) is 3.46. The Hall–Kier alpha value is -1.66. The van der Waals surface area contributed by atoms with Gasteiger partial charge in [0.1, 0.15) is 5.69 Å². The molecule has 0 spiro atoms. The number of ketones is 1. The highest BCUT2D eigenvalue weighted by atomic mass is 32.2. The van der Waals surface area contributed by atoms with Crippen LogP contribution in [-0.2, 0) is 5.75 Å². The summed E-state index contributed by atoms with van der Waals surface area (Å²) in [7, 11) is 0. The van der Waals surface area contributed by atoms with Crippen LogP contribution in [0.5, 0.6) is 0 Å². The zero-order valence-corrected chi connectivity index (χ0v) is 12.8. The summed E-state index contributed by atoms with van der Waals surface area (Å²) in [5, 5.41) is 4.77. The van der Waals surface area contributed by atoms with Crippen molar-refractivity contribution in [1.29, 1.82) is 0 Å². The Balaban J connectivity index is 2.05. The fourth-order valence-electron chi connectivity index (χ4n) is 1.58. The number of anilines is 1. The van der Waals surface area contributed by atoms with Crippen LogP contribution in [0.1, 0.15) is 33.3 Å². The molecule has 0 fully saturated rings. The number of carbonyl (C=O) groups excluding carboxylic acids is 2. The highest BCUT2D eigenvalue weighted by Crippen LogP contribution is 2.17. The number of benzene rings is 1. The molecule has 2 rings (SSSR count). The van der Waals surface area contributed by atoms with Gasteiger partial charge in [0.2, 0.25) is 0 Å². The van der Waals surface area contributed by atoms with Gasteiger partial charge in [0.15, 0.2) is 10.9 Å². The molecule has 0 saturated heterocycles. The Morgan fingerprint density at radius 2 is 2.00 bits per heavy atom. The summed E-state index contributed by atoms with van der Waals surface area (Å²) < 4.78 is 0. The summed E-state index contributed by atoms with van der Waals surface area (Å²) in [6.07, 6.45) is 2.04. The van der Waals surface area contributed by atoms with Gasteiger partial charge in [-0.15, -0.1) is 11.3 Å². The maximum Gasteiger partial charge on any atom is 0.257 e. The molecule has 1 N–H and O–H groups in total. The lowest BCUT2D eigenvalue weighted by Gasteiger charge is -2.03. The van der Waals surface area contributed by atoms with Crippen molar-refractivity contribution < 1.29 is 9.59 Å². The Kier molecular flexibility index (Phi) is 4.92. The quantitative estimate of drug-likeness (QED) is 0.859. The Labute approximate surface area is 125 Å². The monoisotopic (exact) mass is 306 g/mol. The molecule has 0 radical (unpaired) electrons. The Morgan fingerprint density at radius 3 is 2.55 bits per heavy atom. The smallest absolute Gasteiger partial charge is 0.257 e. The van der Waals surface area contributed by atoms with E-state index in [2.05, 4.69) is 10.3 Å². The molecular formula is C14H14N2O2S2. The zero-order valence-electron chi connectivity index (χ0n) is 11.2. The van der Waals surface area contributed by atoms with Crippen LogP contribution in [0.15, 0.2) is 29.6 Å². The molecular weight excluding hydrogens is 292 g/mol. The first kappa shape index (κ1) is 14.7. The topological polar surface area (TPSA) is 59.1 Å². The summed E-state index contributed by atoms with van der Waals surface area (Å²) in [5.41, 5.74) is 2.14. The molecule has 0 aliphatic rings. The minimum atomic E-state index is -0.217. The Bertz CT molecular complexity index is 620. The van der Waals surface area contributed by atoms with E-state index in [1.54, 1.807) is 29.3 Å². The molecule has 0 atom stereocenters. The largest absolute Gasteiger partial charge is 0.298 e. The summed E-state index contributed by atoms with van der Waals surface area (Å²) in [6, 6.07) is 7.46. The van der Waals surface area contributed by atoms with Gasteiger partial charge >= 0.3 is 0 Å². The number of aromatic nitrogens is 1. The average Bonchev–Trinajstić information content (AvgIpc) is 2.88. The minimum absolute atomic E-state index is 0.108. The van der Waals surface area contributed by atoms with E-state index in [1.807, 2.05) is 18.4 Å². The van der Waals surface area contributed by atoms with Gasteiger partial charge < -0.3 is 0 Å². The molecule has 20 heavy (non-hydrogen) atoms. The van der Waals surface area contributed by atoms with Crippen molar-refractivity contribution >= 4 is 39.9 Å². The van der Waals surface area contributed by atoms with Gasteiger partial charge in [-0.2, -0.15) is 11.8 Å². The first-order chi connectivity index (χ1) is 9.60. The van der Waals surface area contributed by atoms with Gasteiger partial charge in [-0.05, 0) is 24.0 Å². The molecule has 1 aromatic carbocycles. The summed E-state index contributed by atoms with van der Waals surface area (Å²) in [6.45, 7) is 1.45. The van der Waals surface area contributed by atoms with E-state index in [-0.39, 0.29) is 11.7 Å². The third kappa shape index (κ3) is 3.68. The van der Waals surface area contributed by atoms with Crippen LogP contribution in [0.4, 0.5) is 5.13 Å². The predicted molar refractivity (Wildman–Crippen MR) is 83.7 cm³/mol. The minimum Gasteiger partial charge on any atom is -0.298 e. The van der Waals surface area contributed by atoms with E-state index in [0.29, 0.717) is 16.4 Å². The SMILES string of the molecule is CSCc1ccc(C(=O)Nc2nc(C(C)=O)cs2)cc1. The number of amides is 1. The van der Waals surface area contributed by atoms with Crippen molar-refractivity contribution in [2.75, 3.05) is 11.6 Å². The van der Waals surface area contributed by atoms with Gasteiger partial charge in [-0.1, -0.05) is 12.1 Å². The molecule has 0 saturated carbocycles. The number of thiazole rings is 1. The van der Waals surface area contributed by atoms with Crippen LogP contribution in [0.3, 0.4) is 0 Å². The number of rotatable bonds is 5. The molecule has 1 amide bonds. The first-order valence-corrected chi connectivity index (χ1v) is 8.23. The second-order valence-corrected chi connectivity index (χ2v) is 5.90. The second kappa shape index (κ2) is 6.67. The number of thioether (sulfide) groups is 1. The molecule has 1 aromatic heterocycles. The van der Waals surface area contributed by atoms with Gasteiger partial charge in [-0.3, -0.25) is 14.9 Å². The van der Waals surface area contributed by atoms with Crippen molar-refractivity contribution in [3.05, 3.63) is 46.5 Å². The molecule has 0 aliphatic carbocycles. The van der Waals surface area contributed by atoms with Crippen molar-refractivity contribution in [3.8, 4) is 0 Å². The zero-order chi connectivity index (χ0) is 14.5. The van der Waals surface area contributed by atoms with Crippen molar-refractivity contribution in [1.82, 2.24) is 4.98 Å². The van der Waals surface area contributed by atoms with E-state index in [1.165, 1.54) is 23.8 Å². The Morgan fingerprint density at radius 1 is 1.30 bits per heavy atom. The molecule has 4 nitrogen and oxygen atoms in total. The standard InChI is InChI=1S/C14H14N2O2S2/c1-9(17)12-8-20-14(15-12)16-13(18)11-5-3-10(4-6-11)7-19-2/h3-6,8H,7H2,1-2H3,(H,15,16,18). The highest BCUT2D eigenvalue weighted by molar-refractivity contribution is 7.97. The third-order valence-electron chi connectivity index (χ3n) is 2.61. The van der Waals surface area contributed by atoms with Crippen LogP contribution >= 0.6 is 23.1 Å². The van der Waals surface area contributed by atoms with E-state index in [9.17, 15) is 9.59 Å². The highest BCUT2D eigenvalue weighted by Gasteiger charge is 2.10.